The van der Waals surface area contributed by atoms with E-state index in [1.165, 1.54) is 0 Å². The average Bonchev–Trinajstić information content (AvgIpc) is 3.19. The van der Waals surface area contributed by atoms with E-state index in [4.69, 9.17) is 4.74 Å². The zero-order valence-electron chi connectivity index (χ0n) is 17.3. The number of hydrogen-bond donors (Lipinski definition) is 1. The molecule has 31 heavy (non-hydrogen) atoms. The maximum atomic E-state index is 12.6. The largest absolute Gasteiger partial charge is 0.455 e. The van der Waals surface area contributed by atoms with Crippen LogP contribution >= 0.6 is 0 Å². The molecular formula is C25H24N2O4. The third-order valence-electron chi connectivity index (χ3n) is 5.54. The van der Waals surface area contributed by atoms with Crippen LogP contribution in [0.5, 0.6) is 0 Å². The molecule has 1 fully saturated rings. The van der Waals surface area contributed by atoms with Gasteiger partial charge in [0.05, 0.1) is 17.6 Å². The van der Waals surface area contributed by atoms with Gasteiger partial charge in [0, 0.05) is 18.4 Å². The van der Waals surface area contributed by atoms with Crippen molar-refractivity contribution in [2.24, 2.45) is 5.92 Å². The molecule has 6 heteroatoms. The first-order valence-corrected chi connectivity index (χ1v) is 10.3. The highest BCUT2D eigenvalue weighted by atomic mass is 16.5. The van der Waals surface area contributed by atoms with Crippen molar-refractivity contribution in [1.82, 2.24) is 5.32 Å². The van der Waals surface area contributed by atoms with E-state index in [0.29, 0.717) is 0 Å². The van der Waals surface area contributed by atoms with Gasteiger partial charge < -0.3 is 15.0 Å². The van der Waals surface area contributed by atoms with Crippen LogP contribution < -0.4 is 10.2 Å². The van der Waals surface area contributed by atoms with Crippen LogP contribution in [0.15, 0.2) is 72.8 Å². The second kappa shape index (κ2) is 9.00. The van der Waals surface area contributed by atoms with E-state index < -0.39 is 11.9 Å². The summed E-state index contributed by atoms with van der Waals surface area (Å²) in [4.78, 5) is 38.9. The Morgan fingerprint density at radius 1 is 1.03 bits per heavy atom. The summed E-state index contributed by atoms with van der Waals surface area (Å²) in [6, 6.07) is 22.9. The second-order valence-corrected chi connectivity index (χ2v) is 7.71. The number of benzene rings is 3. The lowest BCUT2D eigenvalue weighted by Gasteiger charge is -2.19. The number of amides is 2. The van der Waals surface area contributed by atoms with Crippen molar-refractivity contribution in [3.63, 3.8) is 0 Å². The first-order valence-electron chi connectivity index (χ1n) is 10.3. The molecule has 1 heterocycles. The molecule has 0 bridgehead atoms. The molecule has 1 saturated heterocycles. The SMILES string of the molecule is C[C@H](NC(=O)COC(=O)[C@@H]1CC(=O)N(c2cccc3ccccc23)C1)c1ccccc1. The van der Waals surface area contributed by atoms with E-state index in [0.717, 1.165) is 22.0 Å². The smallest absolute Gasteiger partial charge is 0.311 e. The van der Waals surface area contributed by atoms with Crippen molar-refractivity contribution in [3.8, 4) is 0 Å². The molecule has 1 aliphatic rings. The van der Waals surface area contributed by atoms with Crippen LogP contribution in [0.3, 0.4) is 0 Å². The van der Waals surface area contributed by atoms with E-state index in [2.05, 4.69) is 5.32 Å². The molecule has 1 N–H and O–H groups in total. The molecule has 2 amide bonds. The lowest BCUT2D eigenvalue weighted by molar-refractivity contribution is -0.152. The van der Waals surface area contributed by atoms with Crippen LogP contribution in [0.2, 0.25) is 0 Å². The topological polar surface area (TPSA) is 75.7 Å². The predicted molar refractivity (Wildman–Crippen MR) is 118 cm³/mol. The minimum Gasteiger partial charge on any atom is -0.455 e. The Kier molecular flexibility index (Phi) is 5.98. The second-order valence-electron chi connectivity index (χ2n) is 7.71. The van der Waals surface area contributed by atoms with Crippen LogP contribution in [0.1, 0.15) is 24.9 Å². The molecule has 4 rings (SSSR count). The van der Waals surface area contributed by atoms with Gasteiger partial charge in [0.1, 0.15) is 0 Å². The normalized spacial score (nSPS) is 16.9. The lowest BCUT2D eigenvalue weighted by atomic mass is 10.1. The van der Waals surface area contributed by atoms with Gasteiger partial charge in [-0.15, -0.1) is 0 Å². The molecule has 0 spiro atoms. The van der Waals surface area contributed by atoms with Crippen molar-refractivity contribution >= 4 is 34.2 Å². The highest BCUT2D eigenvalue weighted by Gasteiger charge is 2.37. The molecule has 2 atom stereocenters. The van der Waals surface area contributed by atoms with Gasteiger partial charge in [0.2, 0.25) is 5.91 Å². The maximum absolute atomic E-state index is 12.6. The Morgan fingerprint density at radius 3 is 2.55 bits per heavy atom. The monoisotopic (exact) mass is 416 g/mol. The van der Waals surface area contributed by atoms with E-state index in [1.807, 2.05) is 79.7 Å². The standard InChI is InChI=1S/C25H24N2O4/c1-17(18-8-3-2-4-9-18)26-23(28)16-31-25(30)20-14-24(29)27(15-20)22-13-7-11-19-10-5-6-12-21(19)22/h2-13,17,20H,14-16H2,1H3,(H,26,28)/t17-,20+/m0/s1. The van der Waals surface area contributed by atoms with Gasteiger partial charge in [0.15, 0.2) is 6.61 Å². The van der Waals surface area contributed by atoms with Crippen LogP contribution in [-0.4, -0.2) is 30.9 Å². The summed E-state index contributed by atoms with van der Waals surface area (Å²) in [5, 5.41) is 4.80. The molecule has 3 aromatic carbocycles. The summed E-state index contributed by atoms with van der Waals surface area (Å²) >= 11 is 0. The highest BCUT2D eigenvalue weighted by molar-refractivity contribution is 6.06. The number of ether oxygens (including phenoxy) is 1. The fourth-order valence-corrected chi connectivity index (χ4v) is 3.90. The first-order chi connectivity index (χ1) is 15.0. The molecule has 0 aliphatic carbocycles. The zero-order valence-corrected chi connectivity index (χ0v) is 17.3. The summed E-state index contributed by atoms with van der Waals surface area (Å²) in [7, 11) is 0. The van der Waals surface area contributed by atoms with Crippen LogP contribution in [-0.2, 0) is 19.1 Å². The molecule has 0 saturated carbocycles. The molecule has 3 aromatic rings. The molecule has 158 valence electrons. The summed E-state index contributed by atoms with van der Waals surface area (Å²) in [6.07, 6.45) is 0.0735. The molecule has 0 radical (unpaired) electrons. The highest BCUT2D eigenvalue weighted by Crippen LogP contribution is 2.32. The summed E-state index contributed by atoms with van der Waals surface area (Å²) in [5.41, 5.74) is 1.75. The van der Waals surface area contributed by atoms with E-state index in [9.17, 15) is 14.4 Å². The average molecular weight is 416 g/mol. The number of nitrogens with one attached hydrogen (secondary N) is 1. The molecule has 0 unspecified atom stereocenters. The van der Waals surface area contributed by atoms with Gasteiger partial charge in [-0.05, 0) is 23.9 Å². The summed E-state index contributed by atoms with van der Waals surface area (Å²) in [5.74, 6) is -1.62. The van der Waals surface area contributed by atoms with Gasteiger partial charge in [-0.3, -0.25) is 14.4 Å². The minimum atomic E-state index is -0.592. The van der Waals surface area contributed by atoms with Gasteiger partial charge in [-0.1, -0.05) is 66.7 Å². The third kappa shape index (κ3) is 4.58. The fourth-order valence-electron chi connectivity index (χ4n) is 3.90. The van der Waals surface area contributed by atoms with E-state index in [-0.39, 0.29) is 37.4 Å². The van der Waals surface area contributed by atoms with Crippen molar-refractivity contribution < 1.29 is 19.1 Å². The maximum Gasteiger partial charge on any atom is 0.311 e. The van der Waals surface area contributed by atoms with Gasteiger partial charge in [-0.2, -0.15) is 0 Å². The van der Waals surface area contributed by atoms with Crippen LogP contribution in [0.4, 0.5) is 5.69 Å². The number of nitrogens with zero attached hydrogens (tertiary/aromatic N) is 1. The van der Waals surface area contributed by atoms with E-state index >= 15 is 0 Å². The molecule has 6 nitrogen and oxygen atoms in total. The van der Waals surface area contributed by atoms with Crippen molar-refractivity contribution in [2.75, 3.05) is 18.1 Å². The van der Waals surface area contributed by atoms with Gasteiger partial charge >= 0.3 is 5.97 Å². The number of hydrogen-bond acceptors (Lipinski definition) is 4. The first kappa shape index (κ1) is 20.6. The van der Waals surface area contributed by atoms with Crippen molar-refractivity contribution in [1.29, 1.82) is 0 Å². The number of carbonyl (C=O) groups excluding carboxylic acids is 3. The molecule has 1 aliphatic heterocycles. The number of rotatable bonds is 6. The van der Waals surface area contributed by atoms with E-state index in [1.54, 1.807) is 4.90 Å². The van der Waals surface area contributed by atoms with Gasteiger partial charge in [-0.25, -0.2) is 0 Å². The Labute approximate surface area is 180 Å². The Balaban J connectivity index is 1.35. The van der Waals surface area contributed by atoms with Crippen molar-refractivity contribution in [3.05, 3.63) is 78.4 Å². The molecular weight excluding hydrogens is 392 g/mol. The Bertz CT molecular complexity index is 1110. The zero-order chi connectivity index (χ0) is 21.8. The number of esters is 1. The quantitative estimate of drug-likeness (QED) is 0.623. The van der Waals surface area contributed by atoms with Crippen molar-refractivity contribution in [2.45, 2.75) is 19.4 Å². The predicted octanol–water partition coefficient (Wildman–Crippen LogP) is 3.61. The van der Waals surface area contributed by atoms with Gasteiger partial charge in [0.25, 0.3) is 5.91 Å². The summed E-state index contributed by atoms with van der Waals surface area (Å²) in [6.45, 7) is 1.75. The Morgan fingerprint density at radius 2 is 1.74 bits per heavy atom. The third-order valence-corrected chi connectivity index (χ3v) is 5.54. The van der Waals surface area contributed by atoms with Crippen LogP contribution in [0.25, 0.3) is 10.8 Å². The molecule has 0 aromatic heterocycles. The number of carbonyl (C=O) groups is 3. The number of anilines is 1. The lowest BCUT2D eigenvalue weighted by Crippen LogP contribution is -2.32. The fraction of sp³-hybridized carbons (Fsp3) is 0.240. The van der Waals surface area contributed by atoms with Crippen LogP contribution in [0, 0.1) is 5.92 Å². The summed E-state index contributed by atoms with van der Waals surface area (Å²) < 4.78 is 5.21. The number of fused-ring (bicyclic) bond motifs is 1. The minimum absolute atomic E-state index is 0.0735. The Hall–Kier alpha value is -3.67.